The van der Waals surface area contributed by atoms with Crippen molar-refractivity contribution in [3.8, 4) is 17.0 Å². The zero-order valence-electron chi connectivity index (χ0n) is 23.8. The highest BCUT2D eigenvalue weighted by Gasteiger charge is 2.29. The largest absolute Gasteiger partial charge is 0.491 e. The molecule has 0 fully saturated rings. The number of carbonyl (C=O) groups is 2. The second-order valence-corrected chi connectivity index (χ2v) is 9.97. The number of benzene rings is 3. The predicted octanol–water partition coefficient (Wildman–Crippen LogP) is 5.90. The number of nitrogens with one attached hydrogen (secondary N) is 1. The molecule has 5 rings (SSSR count). The average Bonchev–Trinajstić information content (AvgIpc) is 3.39. The molecule has 0 aliphatic heterocycles. The molecular formula is C32H29F2N5O5. The van der Waals surface area contributed by atoms with E-state index in [1.54, 1.807) is 49.5 Å². The lowest BCUT2D eigenvalue weighted by Gasteiger charge is -2.23. The molecule has 2 heterocycles. The standard InChI is InChI=1S/C32H29F2N5O5/c1-3-17-12-22(28(34)25(13-17)44-4-2)29(37-19-8-9-20-18(14-19)10-11-36-30(20)35)31-38-24(15-39(31)16-26(40)41)21-6-5-7-23(33)27(21)32(42)43/h5-15,29,37H,3-4,16H2,1-2H3,(H2,35,36)(H,40,41)(H,42,43). The van der Waals surface area contributed by atoms with Crippen molar-refractivity contribution in [3.05, 3.63) is 101 Å². The average molecular weight is 602 g/mol. The molecule has 5 N–H and O–H groups in total. The molecule has 0 aliphatic carbocycles. The number of aryl methyl sites for hydroxylation is 1. The van der Waals surface area contributed by atoms with E-state index >= 15 is 4.39 Å². The summed E-state index contributed by atoms with van der Waals surface area (Å²) in [7, 11) is 0. The summed E-state index contributed by atoms with van der Waals surface area (Å²) in [6.07, 6.45) is 3.42. The number of hydrogen-bond donors (Lipinski definition) is 4. The van der Waals surface area contributed by atoms with E-state index in [4.69, 9.17) is 10.5 Å². The van der Waals surface area contributed by atoms with E-state index in [2.05, 4.69) is 15.3 Å². The van der Waals surface area contributed by atoms with Gasteiger partial charge in [-0.05, 0) is 60.7 Å². The number of rotatable bonds is 11. The fourth-order valence-electron chi connectivity index (χ4n) is 5.11. The minimum atomic E-state index is -1.52. The minimum Gasteiger partial charge on any atom is -0.491 e. The van der Waals surface area contributed by atoms with Crippen molar-refractivity contribution in [2.45, 2.75) is 32.9 Å². The van der Waals surface area contributed by atoms with Crippen LogP contribution >= 0.6 is 0 Å². The summed E-state index contributed by atoms with van der Waals surface area (Å²) in [6, 6.07) is 12.9. The van der Waals surface area contributed by atoms with Crippen molar-refractivity contribution >= 4 is 34.2 Å². The van der Waals surface area contributed by atoms with Crippen LogP contribution in [0.1, 0.15) is 47.2 Å². The first-order valence-corrected chi connectivity index (χ1v) is 13.8. The van der Waals surface area contributed by atoms with Crippen LogP contribution in [-0.4, -0.2) is 43.3 Å². The first-order chi connectivity index (χ1) is 21.1. The van der Waals surface area contributed by atoms with Crippen LogP contribution in [0, 0.1) is 11.6 Å². The van der Waals surface area contributed by atoms with Gasteiger partial charge in [-0.3, -0.25) is 4.79 Å². The Morgan fingerprint density at radius 1 is 1.09 bits per heavy atom. The van der Waals surface area contributed by atoms with Gasteiger partial charge < -0.3 is 30.6 Å². The molecule has 1 unspecified atom stereocenters. The molecule has 2 aromatic heterocycles. The number of nitrogens with two attached hydrogens (primary N) is 1. The number of aliphatic carboxylic acids is 1. The van der Waals surface area contributed by atoms with Crippen LogP contribution < -0.4 is 15.8 Å². The second-order valence-electron chi connectivity index (χ2n) is 9.97. The molecule has 3 aromatic carbocycles. The molecule has 0 saturated carbocycles. The van der Waals surface area contributed by atoms with E-state index < -0.39 is 41.7 Å². The molecule has 0 amide bonds. The van der Waals surface area contributed by atoms with Crippen LogP contribution in [0.15, 0.2) is 67.0 Å². The molecule has 5 aromatic rings. The number of carboxylic acids is 2. The Balaban J connectivity index is 1.76. The molecule has 0 radical (unpaired) electrons. The van der Waals surface area contributed by atoms with Crippen molar-refractivity contribution < 1.29 is 33.3 Å². The maximum Gasteiger partial charge on any atom is 0.339 e. The molecule has 0 saturated heterocycles. The Kier molecular flexibility index (Phi) is 8.43. The lowest BCUT2D eigenvalue weighted by atomic mass is 9.99. The molecular weight excluding hydrogens is 572 g/mol. The SMILES string of the molecule is CCOc1cc(CC)cc(C(Nc2ccc3c(N)nccc3c2)c2nc(-c3cccc(F)c3C(=O)O)cn2CC(=O)O)c1F. The highest BCUT2D eigenvalue weighted by molar-refractivity contribution is 5.96. The van der Waals surface area contributed by atoms with Gasteiger partial charge in [0.1, 0.15) is 35.6 Å². The van der Waals surface area contributed by atoms with E-state index in [9.17, 15) is 24.2 Å². The Hall–Kier alpha value is -5.52. The van der Waals surface area contributed by atoms with E-state index in [0.717, 1.165) is 17.0 Å². The van der Waals surface area contributed by atoms with Gasteiger partial charge in [-0.2, -0.15) is 0 Å². The van der Waals surface area contributed by atoms with Crippen molar-refractivity contribution in [1.29, 1.82) is 0 Å². The van der Waals surface area contributed by atoms with Gasteiger partial charge in [0, 0.05) is 34.6 Å². The number of nitrogen functional groups attached to an aromatic ring is 1. The van der Waals surface area contributed by atoms with Crippen molar-refractivity contribution in [2.75, 3.05) is 17.7 Å². The maximum atomic E-state index is 16.2. The zero-order valence-corrected chi connectivity index (χ0v) is 23.8. The number of halogens is 2. The van der Waals surface area contributed by atoms with Crippen LogP contribution in [0.5, 0.6) is 5.75 Å². The number of aromatic nitrogens is 3. The summed E-state index contributed by atoms with van der Waals surface area (Å²) in [5.74, 6) is -4.01. The minimum absolute atomic E-state index is 0.000560. The Bertz CT molecular complexity index is 1890. The summed E-state index contributed by atoms with van der Waals surface area (Å²) >= 11 is 0. The van der Waals surface area contributed by atoms with Gasteiger partial charge in [0.15, 0.2) is 11.6 Å². The quantitative estimate of drug-likeness (QED) is 0.145. The number of pyridine rings is 1. The number of carboxylic acid groups (broad SMARTS) is 2. The summed E-state index contributed by atoms with van der Waals surface area (Å²) in [5.41, 5.74) is 6.73. The van der Waals surface area contributed by atoms with Crippen molar-refractivity contribution in [2.24, 2.45) is 0 Å². The zero-order chi connectivity index (χ0) is 31.5. The third kappa shape index (κ3) is 5.87. The number of imidazole rings is 1. The van der Waals surface area contributed by atoms with E-state index in [1.807, 2.05) is 6.92 Å². The highest BCUT2D eigenvalue weighted by atomic mass is 19.1. The van der Waals surface area contributed by atoms with Gasteiger partial charge in [-0.25, -0.2) is 23.5 Å². The van der Waals surface area contributed by atoms with Gasteiger partial charge in [0.25, 0.3) is 0 Å². The van der Waals surface area contributed by atoms with Gasteiger partial charge >= 0.3 is 11.9 Å². The van der Waals surface area contributed by atoms with E-state index in [1.165, 1.54) is 22.9 Å². The molecule has 226 valence electrons. The number of nitrogens with zero attached hydrogens (tertiary/aromatic N) is 3. The summed E-state index contributed by atoms with van der Waals surface area (Å²) < 4.78 is 37.7. The van der Waals surface area contributed by atoms with Crippen molar-refractivity contribution in [3.63, 3.8) is 0 Å². The van der Waals surface area contributed by atoms with Crippen molar-refractivity contribution in [1.82, 2.24) is 14.5 Å². The Labute approximate surface area is 250 Å². The first-order valence-electron chi connectivity index (χ1n) is 13.8. The molecule has 44 heavy (non-hydrogen) atoms. The van der Waals surface area contributed by atoms with Crippen LogP contribution in [-0.2, 0) is 17.8 Å². The topological polar surface area (TPSA) is 153 Å². The second kappa shape index (κ2) is 12.4. The van der Waals surface area contributed by atoms with Crippen LogP contribution in [0.4, 0.5) is 20.3 Å². The maximum absolute atomic E-state index is 16.2. The van der Waals surface area contributed by atoms with Gasteiger partial charge in [-0.1, -0.05) is 25.1 Å². The molecule has 0 bridgehead atoms. The number of hydrogen-bond acceptors (Lipinski definition) is 7. The smallest absolute Gasteiger partial charge is 0.339 e. The molecule has 10 nitrogen and oxygen atoms in total. The third-order valence-electron chi connectivity index (χ3n) is 7.13. The number of aromatic carboxylic acids is 1. The van der Waals surface area contributed by atoms with Crippen LogP contribution in [0.3, 0.4) is 0 Å². The Morgan fingerprint density at radius 3 is 2.59 bits per heavy atom. The summed E-state index contributed by atoms with van der Waals surface area (Å²) in [5, 5.41) is 24.2. The Morgan fingerprint density at radius 2 is 1.89 bits per heavy atom. The molecule has 0 aliphatic rings. The monoisotopic (exact) mass is 601 g/mol. The fourth-order valence-corrected chi connectivity index (χ4v) is 5.11. The predicted molar refractivity (Wildman–Crippen MR) is 161 cm³/mol. The van der Waals surface area contributed by atoms with Crippen LogP contribution in [0.2, 0.25) is 0 Å². The number of ether oxygens (including phenoxy) is 1. The first kappa shape index (κ1) is 30.0. The molecule has 1 atom stereocenters. The lowest BCUT2D eigenvalue weighted by Crippen LogP contribution is -2.21. The molecule has 12 heteroatoms. The normalized spacial score (nSPS) is 11.8. The highest BCUT2D eigenvalue weighted by Crippen LogP contribution is 2.36. The number of anilines is 2. The lowest BCUT2D eigenvalue weighted by molar-refractivity contribution is -0.137. The fraction of sp³-hybridized carbons (Fsp3) is 0.188. The third-order valence-corrected chi connectivity index (χ3v) is 7.13. The summed E-state index contributed by atoms with van der Waals surface area (Å²) in [4.78, 5) is 32.6. The van der Waals surface area contributed by atoms with E-state index in [-0.39, 0.29) is 35.0 Å². The number of fused-ring (bicyclic) bond motifs is 1. The van der Waals surface area contributed by atoms with Gasteiger partial charge in [-0.15, -0.1) is 0 Å². The van der Waals surface area contributed by atoms with E-state index in [0.29, 0.717) is 23.3 Å². The molecule has 0 spiro atoms. The summed E-state index contributed by atoms with van der Waals surface area (Å²) in [6.45, 7) is 3.24. The van der Waals surface area contributed by atoms with Gasteiger partial charge in [0.05, 0.1) is 12.3 Å². The van der Waals surface area contributed by atoms with Crippen LogP contribution in [0.25, 0.3) is 22.0 Å². The van der Waals surface area contributed by atoms with Gasteiger partial charge in [0.2, 0.25) is 0 Å².